The molecule has 0 unspecified atom stereocenters. The van der Waals surface area contributed by atoms with E-state index < -0.39 is 6.04 Å². The highest BCUT2D eigenvalue weighted by Crippen LogP contribution is 2.11. The van der Waals surface area contributed by atoms with E-state index in [1.165, 1.54) is 0 Å². The van der Waals surface area contributed by atoms with Gasteiger partial charge in [-0.1, -0.05) is 20.3 Å². The summed E-state index contributed by atoms with van der Waals surface area (Å²) in [7, 11) is 0. The summed E-state index contributed by atoms with van der Waals surface area (Å²) in [5, 5.41) is 8.80. The molecule has 0 aromatic heterocycles. The van der Waals surface area contributed by atoms with Gasteiger partial charge in [0.1, 0.15) is 0 Å². The molecule has 0 aliphatic rings. The van der Waals surface area contributed by atoms with E-state index in [0.29, 0.717) is 13.0 Å². The van der Waals surface area contributed by atoms with Crippen molar-refractivity contribution in [3.8, 4) is 0 Å². The Hall–Kier alpha value is -0.610. The zero-order valence-corrected chi connectivity index (χ0v) is 10.9. The maximum atomic E-state index is 12.1. The van der Waals surface area contributed by atoms with Gasteiger partial charge in [0.05, 0.1) is 6.04 Å². The van der Waals surface area contributed by atoms with Crippen molar-refractivity contribution in [2.45, 2.75) is 52.6 Å². The van der Waals surface area contributed by atoms with Crippen LogP contribution in [0.25, 0.3) is 0 Å². The van der Waals surface area contributed by atoms with Gasteiger partial charge in [-0.15, -0.1) is 0 Å². The van der Waals surface area contributed by atoms with Gasteiger partial charge in [-0.05, 0) is 26.2 Å². The molecule has 96 valence electrons. The molecule has 0 aliphatic carbocycles. The molecule has 0 fully saturated rings. The topological polar surface area (TPSA) is 66.6 Å². The van der Waals surface area contributed by atoms with Crippen LogP contribution >= 0.6 is 0 Å². The third kappa shape index (κ3) is 4.49. The van der Waals surface area contributed by atoms with Crippen LogP contribution in [0.1, 0.15) is 40.5 Å². The first-order chi connectivity index (χ1) is 7.45. The Balaban J connectivity index is 4.48. The average molecular weight is 230 g/mol. The fraction of sp³-hybridized carbons (Fsp3) is 0.917. The first-order valence-corrected chi connectivity index (χ1v) is 6.12. The number of amides is 1. The van der Waals surface area contributed by atoms with E-state index in [-0.39, 0.29) is 24.5 Å². The minimum absolute atomic E-state index is 0.00204. The smallest absolute Gasteiger partial charge is 0.239 e. The molecular formula is C12H26N2O2. The number of hydrogen-bond donors (Lipinski definition) is 2. The molecule has 0 spiro atoms. The van der Waals surface area contributed by atoms with Crippen molar-refractivity contribution in [3.05, 3.63) is 0 Å². The molecule has 0 radical (unpaired) electrons. The molecule has 16 heavy (non-hydrogen) atoms. The van der Waals surface area contributed by atoms with E-state index in [0.717, 1.165) is 6.42 Å². The summed E-state index contributed by atoms with van der Waals surface area (Å²) in [6.45, 7) is 8.65. The van der Waals surface area contributed by atoms with Crippen LogP contribution in [0, 0.1) is 5.92 Å². The van der Waals surface area contributed by atoms with Crippen molar-refractivity contribution in [1.29, 1.82) is 0 Å². The highest BCUT2D eigenvalue weighted by atomic mass is 16.3. The van der Waals surface area contributed by atoms with Crippen LogP contribution in [0.5, 0.6) is 0 Å². The summed E-state index contributed by atoms with van der Waals surface area (Å²) < 4.78 is 0. The Bertz CT molecular complexity index is 207. The van der Waals surface area contributed by atoms with E-state index in [9.17, 15) is 4.79 Å². The number of hydrogen-bond acceptors (Lipinski definition) is 3. The largest absolute Gasteiger partial charge is 0.396 e. The highest BCUT2D eigenvalue weighted by molar-refractivity contribution is 5.82. The van der Waals surface area contributed by atoms with Crippen molar-refractivity contribution in [1.82, 2.24) is 4.90 Å². The summed E-state index contributed by atoms with van der Waals surface area (Å²) in [5.74, 6) is 0.195. The lowest BCUT2D eigenvalue weighted by atomic mass is 9.98. The standard InChI is InChI=1S/C12H26N2O2/c1-5-10(4)11(13)12(16)14(9(2)3)7-6-8-15/h9-11,15H,5-8,13H2,1-4H3/t10-,11-/m0/s1. The van der Waals surface area contributed by atoms with E-state index >= 15 is 0 Å². The van der Waals surface area contributed by atoms with Crippen LogP contribution in [-0.4, -0.2) is 41.1 Å². The molecule has 1 amide bonds. The molecule has 0 saturated heterocycles. The lowest BCUT2D eigenvalue weighted by molar-refractivity contribution is -0.135. The summed E-state index contributed by atoms with van der Waals surface area (Å²) in [6, 6.07) is -0.291. The molecule has 0 aromatic carbocycles. The third-order valence-corrected chi connectivity index (χ3v) is 3.01. The van der Waals surface area contributed by atoms with Gasteiger partial charge in [0.25, 0.3) is 0 Å². The first-order valence-electron chi connectivity index (χ1n) is 6.12. The second-order valence-corrected chi connectivity index (χ2v) is 4.61. The molecule has 4 nitrogen and oxygen atoms in total. The van der Waals surface area contributed by atoms with E-state index in [1.54, 1.807) is 4.90 Å². The van der Waals surface area contributed by atoms with Gasteiger partial charge < -0.3 is 15.7 Å². The minimum atomic E-state index is -0.425. The van der Waals surface area contributed by atoms with Crippen molar-refractivity contribution < 1.29 is 9.90 Å². The van der Waals surface area contributed by atoms with Crippen LogP contribution in [0.4, 0.5) is 0 Å². The monoisotopic (exact) mass is 230 g/mol. The average Bonchev–Trinajstić information content (AvgIpc) is 2.26. The summed E-state index contributed by atoms with van der Waals surface area (Å²) in [4.78, 5) is 13.9. The Morgan fingerprint density at radius 1 is 1.38 bits per heavy atom. The zero-order chi connectivity index (χ0) is 12.7. The Labute approximate surface area is 98.8 Å². The molecule has 4 heteroatoms. The number of nitrogens with zero attached hydrogens (tertiary/aromatic N) is 1. The molecule has 0 heterocycles. The lowest BCUT2D eigenvalue weighted by Gasteiger charge is -2.31. The SMILES string of the molecule is CC[C@H](C)[C@H](N)C(=O)N(CCCO)C(C)C. The quantitative estimate of drug-likeness (QED) is 0.685. The van der Waals surface area contributed by atoms with Crippen LogP contribution in [-0.2, 0) is 4.79 Å². The predicted molar refractivity (Wildman–Crippen MR) is 66.0 cm³/mol. The predicted octanol–water partition coefficient (Wildman–Crippen LogP) is 0.979. The van der Waals surface area contributed by atoms with Crippen molar-refractivity contribution >= 4 is 5.91 Å². The number of aliphatic hydroxyl groups excluding tert-OH is 1. The number of aliphatic hydroxyl groups is 1. The molecular weight excluding hydrogens is 204 g/mol. The maximum Gasteiger partial charge on any atom is 0.239 e. The van der Waals surface area contributed by atoms with E-state index in [4.69, 9.17) is 10.8 Å². The van der Waals surface area contributed by atoms with Gasteiger partial charge in [-0.2, -0.15) is 0 Å². The highest BCUT2D eigenvalue weighted by Gasteiger charge is 2.26. The molecule has 0 bridgehead atoms. The fourth-order valence-electron chi connectivity index (χ4n) is 1.55. The lowest BCUT2D eigenvalue weighted by Crippen LogP contribution is -2.50. The van der Waals surface area contributed by atoms with Gasteiger partial charge in [-0.25, -0.2) is 0 Å². The minimum Gasteiger partial charge on any atom is -0.396 e. The van der Waals surface area contributed by atoms with Crippen LogP contribution in [0.3, 0.4) is 0 Å². The second kappa shape index (κ2) is 7.63. The van der Waals surface area contributed by atoms with Gasteiger partial charge in [0.15, 0.2) is 0 Å². The van der Waals surface area contributed by atoms with E-state index in [1.807, 2.05) is 27.7 Å². The molecule has 0 aromatic rings. The normalized spacial score (nSPS) is 14.9. The summed E-state index contributed by atoms with van der Waals surface area (Å²) in [6.07, 6.45) is 1.51. The van der Waals surface area contributed by atoms with E-state index in [2.05, 4.69) is 0 Å². The third-order valence-electron chi connectivity index (χ3n) is 3.01. The molecule has 2 atom stereocenters. The van der Waals surface area contributed by atoms with Gasteiger partial charge >= 0.3 is 0 Å². The number of carbonyl (C=O) groups is 1. The fourth-order valence-corrected chi connectivity index (χ4v) is 1.55. The van der Waals surface area contributed by atoms with Crippen molar-refractivity contribution in [2.24, 2.45) is 11.7 Å². The zero-order valence-electron chi connectivity index (χ0n) is 10.9. The summed E-state index contributed by atoms with van der Waals surface area (Å²) >= 11 is 0. The molecule has 3 N–H and O–H groups in total. The van der Waals surface area contributed by atoms with Gasteiger partial charge in [0.2, 0.25) is 5.91 Å². The first kappa shape index (κ1) is 15.4. The number of rotatable bonds is 7. The van der Waals surface area contributed by atoms with Gasteiger partial charge in [0, 0.05) is 19.2 Å². The van der Waals surface area contributed by atoms with Crippen LogP contribution in [0.2, 0.25) is 0 Å². The van der Waals surface area contributed by atoms with Crippen LogP contribution < -0.4 is 5.73 Å². The molecule has 0 aliphatic heterocycles. The Kier molecular flexibility index (Phi) is 7.34. The molecule has 0 rings (SSSR count). The maximum absolute atomic E-state index is 12.1. The second-order valence-electron chi connectivity index (χ2n) is 4.61. The van der Waals surface area contributed by atoms with Crippen LogP contribution in [0.15, 0.2) is 0 Å². The number of nitrogens with two attached hydrogens (primary N) is 1. The summed E-state index contributed by atoms with van der Waals surface area (Å²) in [5.41, 5.74) is 5.93. The number of carbonyl (C=O) groups excluding carboxylic acids is 1. The molecule has 0 saturated carbocycles. The van der Waals surface area contributed by atoms with Crippen molar-refractivity contribution in [2.75, 3.05) is 13.2 Å². The van der Waals surface area contributed by atoms with Crippen molar-refractivity contribution in [3.63, 3.8) is 0 Å². The van der Waals surface area contributed by atoms with Gasteiger partial charge in [-0.3, -0.25) is 4.79 Å². The Morgan fingerprint density at radius 3 is 2.31 bits per heavy atom. The Morgan fingerprint density at radius 2 is 1.94 bits per heavy atom.